The van der Waals surface area contributed by atoms with Gasteiger partial charge in [-0.05, 0) is 25.2 Å². The molecule has 0 aromatic carbocycles. The normalized spacial score (nSPS) is 30.9. The Hall–Kier alpha value is -0.450. The SMILES string of the molecule is c1csc(CNC2CCOC2C2CC2)n1. The van der Waals surface area contributed by atoms with Crippen molar-refractivity contribution in [2.45, 2.75) is 38.0 Å². The van der Waals surface area contributed by atoms with Gasteiger partial charge < -0.3 is 10.1 Å². The van der Waals surface area contributed by atoms with Gasteiger partial charge in [0.15, 0.2) is 0 Å². The summed E-state index contributed by atoms with van der Waals surface area (Å²) in [6, 6.07) is 0.557. The molecule has 4 heteroatoms. The van der Waals surface area contributed by atoms with Crippen LogP contribution in [0.4, 0.5) is 0 Å². The molecule has 2 aliphatic rings. The number of thiazole rings is 1. The molecule has 3 rings (SSSR count). The fourth-order valence-corrected chi connectivity index (χ4v) is 2.84. The van der Waals surface area contributed by atoms with Gasteiger partial charge in [0.1, 0.15) is 5.01 Å². The zero-order valence-corrected chi connectivity index (χ0v) is 9.50. The van der Waals surface area contributed by atoms with Gasteiger partial charge in [-0.1, -0.05) is 0 Å². The van der Waals surface area contributed by atoms with Crippen LogP contribution in [0, 0.1) is 5.92 Å². The molecular formula is C11H16N2OS. The summed E-state index contributed by atoms with van der Waals surface area (Å²) < 4.78 is 5.78. The maximum Gasteiger partial charge on any atom is 0.106 e. The van der Waals surface area contributed by atoms with E-state index in [0.717, 1.165) is 25.5 Å². The zero-order valence-electron chi connectivity index (χ0n) is 8.69. The molecule has 1 saturated heterocycles. The van der Waals surface area contributed by atoms with Crippen molar-refractivity contribution in [1.82, 2.24) is 10.3 Å². The molecule has 0 radical (unpaired) electrons. The first-order valence-corrected chi connectivity index (χ1v) is 6.55. The smallest absolute Gasteiger partial charge is 0.106 e. The first-order valence-electron chi connectivity index (χ1n) is 5.67. The van der Waals surface area contributed by atoms with Gasteiger partial charge in [-0.15, -0.1) is 11.3 Å². The van der Waals surface area contributed by atoms with Crippen molar-refractivity contribution in [1.29, 1.82) is 0 Å². The largest absolute Gasteiger partial charge is 0.376 e. The predicted octanol–water partition coefficient (Wildman–Crippen LogP) is 1.80. The Morgan fingerprint density at radius 1 is 1.47 bits per heavy atom. The summed E-state index contributed by atoms with van der Waals surface area (Å²) in [5.41, 5.74) is 0. The van der Waals surface area contributed by atoms with Crippen LogP contribution in [0.1, 0.15) is 24.3 Å². The monoisotopic (exact) mass is 224 g/mol. The number of hydrogen-bond donors (Lipinski definition) is 1. The Morgan fingerprint density at radius 3 is 3.13 bits per heavy atom. The molecule has 1 aromatic heterocycles. The van der Waals surface area contributed by atoms with Crippen LogP contribution >= 0.6 is 11.3 Å². The van der Waals surface area contributed by atoms with E-state index in [1.54, 1.807) is 11.3 Å². The molecular weight excluding hydrogens is 208 g/mol. The third-order valence-corrected chi connectivity index (χ3v) is 4.00. The fourth-order valence-electron chi connectivity index (χ4n) is 2.28. The molecule has 0 bridgehead atoms. The number of hydrogen-bond acceptors (Lipinski definition) is 4. The van der Waals surface area contributed by atoms with Crippen molar-refractivity contribution < 1.29 is 4.74 Å². The summed E-state index contributed by atoms with van der Waals surface area (Å²) in [4.78, 5) is 4.28. The minimum atomic E-state index is 0.477. The minimum Gasteiger partial charge on any atom is -0.376 e. The highest BCUT2D eigenvalue weighted by atomic mass is 32.1. The molecule has 15 heavy (non-hydrogen) atoms. The minimum absolute atomic E-state index is 0.477. The summed E-state index contributed by atoms with van der Waals surface area (Å²) >= 11 is 1.72. The van der Waals surface area contributed by atoms with Crippen molar-refractivity contribution in [2.24, 2.45) is 5.92 Å². The molecule has 0 spiro atoms. The van der Waals surface area contributed by atoms with Crippen molar-refractivity contribution in [3.63, 3.8) is 0 Å². The number of rotatable bonds is 4. The topological polar surface area (TPSA) is 34.1 Å². The molecule has 3 nitrogen and oxygen atoms in total. The Balaban J connectivity index is 1.53. The molecule has 1 aromatic rings. The fraction of sp³-hybridized carbons (Fsp3) is 0.727. The number of nitrogens with zero attached hydrogens (tertiary/aromatic N) is 1. The lowest BCUT2D eigenvalue weighted by molar-refractivity contribution is 0.0809. The molecule has 1 N–H and O–H groups in total. The van der Waals surface area contributed by atoms with Crippen LogP contribution in [0.5, 0.6) is 0 Å². The van der Waals surface area contributed by atoms with Crippen LogP contribution in [0.3, 0.4) is 0 Å². The van der Waals surface area contributed by atoms with Crippen LogP contribution in [0.15, 0.2) is 11.6 Å². The van der Waals surface area contributed by atoms with Gasteiger partial charge >= 0.3 is 0 Å². The maximum atomic E-state index is 5.78. The number of aromatic nitrogens is 1. The molecule has 2 atom stereocenters. The van der Waals surface area contributed by atoms with Gasteiger partial charge in [-0.3, -0.25) is 0 Å². The van der Waals surface area contributed by atoms with E-state index in [0.29, 0.717) is 12.1 Å². The highest BCUT2D eigenvalue weighted by Crippen LogP contribution is 2.38. The Bertz CT molecular complexity index is 310. The third kappa shape index (κ3) is 2.22. The second kappa shape index (κ2) is 4.20. The number of nitrogens with one attached hydrogen (secondary N) is 1. The summed E-state index contributed by atoms with van der Waals surface area (Å²) in [6.07, 6.45) is 6.22. The van der Waals surface area contributed by atoms with Gasteiger partial charge in [0.05, 0.1) is 6.10 Å². The predicted molar refractivity (Wildman–Crippen MR) is 59.8 cm³/mol. The average Bonchev–Trinajstić information content (AvgIpc) is 2.81. The quantitative estimate of drug-likeness (QED) is 0.847. The lowest BCUT2D eigenvalue weighted by atomic mass is 10.1. The highest BCUT2D eigenvalue weighted by molar-refractivity contribution is 7.09. The lowest BCUT2D eigenvalue weighted by Gasteiger charge is -2.18. The van der Waals surface area contributed by atoms with Gasteiger partial charge in [0.2, 0.25) is 0 Å². The van der Waals surface area contributed by atoms with Crippen LogP contribution in [-0.4, -0.2) is 23.7 Å². The molecule has 2 fully saturated rings. The van der Waals surface area contributed by atoms with Crippen LogP contribution in [0.2, 0.25) is 0 Å². The molecule has 1 aliphatic heterocycles. The molecule has 82 valence electrons. The van der Waals surface area contributed by atoms with Gasteiger partial charge in [0, 0.05) is 30.8 Å². The standard InChI is InChI=1S/C11H16N2OS/c1-2-8(1)11-9(3-5-14-11)13-7-10-12-4-6-15-10/h4,6,8-9,11,13H,1-3,5,7H2. The summed E-state index contributed by atoms with van der Waals surface area (Å²) in [7, 11) is 0. The van der Waals surface area contributed by atoms with Gasteiger partial charge in [-0.2, -0.15) is 0 Å². The summed E-state index contributed by atoms with van der Waals surface area (Å²) in [6.45, 7) is 1.83. The van der Waals surface area contributed by atoms with Crippen molar-refractivity contribution in [2.75, 3.05) is 6.61 Å². The second-order valence-corrected chi connectivity index (χ2v) is 5.35. The lowest BCUT2D eigenvalue weighted by Crippen LogP contribution is -2.37. The molecule has 2 heterocycles. The Morgan fingerprint density at radius 2 is 2.40 bits per heavy atom. The molecule has 0 amide bonds. The van der Waals surface area contributed by atoms with Crippen LogP contribution in [0.25, 0.3) is 0 Å². The van der Waals surface area contributed by atoms with E-state index in [4.69, 9.17) is 4.74 Å². The number of ether oxygens (including phenoxy) is 1. The Labute approximate surface area is 93.9 Å². The maximum absolute atomic E-state index is 5.78. The van der Waals surface area contributed by atoms with Crippen LogP contribution < -0.4 is 5.32 Å². The van der Waals surface area contributed by atoms with E-state index in [-0.39, 0.29) is 0 Å². The van der Waals surface area contributed by atoms with Crippen molar-refractivity contribution >= 4 is 11.3 Å². The molecule has 2 unspecified atom stereocenters. The average molecular weight is 224 g/mol. The third-order valence-electron chi connectivity index (χ3n) is 3.22. The summed E-state index contributed by atoms with van der Waals surface area (Å²) in [5.74, 6) is 0.835. The second-order valence-electron chi connectivity index (χ2n) is 4.37. The first-order chi connectivity index (χ1) is 7.43. The van der Waals surface area contributed by atoms with Crippen LogP contribution in [-0.2, 0) is 11.3 Å². The zero-order chi connectivity index (χ0) is 10.1. The van der Waals surface area contributed by atoms with Gasteiger partial charge in [0.25, 0.3) is 0 Å². The Kier molecular flexibility index (Phi) is 2.73. The molecule has 1 aliphatic carbocycles. The van der Waals surface area contributed by atoms with E-state index in [1.165, 1.54) is 17.8 Å². The van der Waals surface area contributed by atoms with E-state index >= 15 is 0 Å². The molecule has 1 saturated carbocycles. The highest BCUT2D eigenvalue weighted by Gasteiger charge is 2.40. The van der Waals surface area contributed by atoms with Gasteiger partial charge in [-0.25, -0.2) is 4.98 Å². The summed E-state index contributed by atoms with van der Waals surface area (Å²) in [5, 5.41) is 6.78. The van der Waals surface area contributed by atoms with E-state index in [2.05, 4.69) is 10.3 Å². The van der Waals surface area contributed by atoms with E-state index < -0.39 is 0 Å². The van der Waals surface area contributed by atoms with Crippen molar-refractivity contribution in [3.05, 3.63) is 16.6 Å². The van der Waals surface area contributed by atoms with Crippen molar-refractivity contribution in [3.8, 4) is 0 Å². The van der Waals surface area contributed by atoms with E-state index in [9.17, 15) is 0 Å². The first kappa shape index (κ1) is 9.75. The van der Waals surface area contributed by atoms with E-state index in [1.807, 2.05) is 11.6 Å².